The molecule has 0 aliphatic heterocycles. The van der Waals surface area contributed by atoms with Crippen LogP contribution in [0.5, 0.6) is 0 Å². The highest BCUT2D eigenvalue weighted by Gasteiger charge is 2.08. The summed E-state index contributed by atoms with van der Waals surface area (Å²) in [5.74, 6) is 0. The Morgan fingerprint density at radius 1 is 0.667 bits per heavy atom. The van der Waals surface area contributed by atoms with Crippen LogP contribution in [0.25, 0.3) is 22.4 Å². The average Bonchev–Trinajstić information content (AvgIpc) is 2.71. The molecule has 3 aromatic carbocycles. The molecule has 0 bridgehead atoms. The van der Waals surface area contributed by atoms with E-state index in [0.29, 0.717) is 0 Å². The third-order valence-electron chi connectivity index (χ3n) is 5.08. The maximum atomic E-state index is 4.76. The topological polar surface area (TPSA) is 12.9 Å². The van der Waals surface area contributed by atoms with Gasteiger partial charge in [0.25, 0.3) is 0 Å². The van der Waals surface area contributed by atoms with Crippen LogP contribution in [-0.2, 0) is 6.42 Å². The quantitative estimate of drug-likeness (QED) is 0.403. The van der Waals surface area contributed by atoms with Crippen molar-refractivity contribution in [3.05, 3.63) is 113 Å². The lowest BCUT2D eigenvalue weighted by atomic mass is 9.96. The fraction of sp³-hybridized carbons (Fsp3) is 0.115. The summed E-state index contributed by atoms with van der Waals surface area (Å²) in [6.07, 6.45) is 2.94. The molecular formula is C26H23N. The van der Waals surface area contributed by atoms with Crippen LogP contribution in [0.4, 0.5) is 0 Å². The van der Waals surface area contributed by atoms with Crippen LogP contribution in [0, 0.1) is 13.8 Å². The van der Waals surface area contributed by atoms with Gasteiger partial charge in [0.15, 0.2) is 0 Å². The van der Waals surface area contributed by atoms with Gasteiger partial charge < -0.3 is 0 Å². The van der Waals surface area contributed by atoms with Gasteiger partial charge in [0, 0.05) is 17.3 Å². The molecule has 132 valence electrons. The molecule has 4 aromatic rings. The minimum Gasteiger partial charge on any atom is -0.256 e. The van der Waals surface area contributed by atoms with Crippen LogP contribution in [0.1, 0.15) is 22.3 Å². The molecule has 4 rings (SSSR count). The summed E-state index contributed by atoms with van der Waals surface area (Å²) < 4.78 is 0. The average molecular weight is 349 g/mol. The summed E-state index contributed by atoms with van der Waals surface area (Å²) in [7, 11) is 0. The van der Waals surface area contributed by atoms with E-state index >= 15 is 0 Å². The predicted molar refractivity (Wildman–Crippen MR) is 114 cm³/mol. The third-order valence-corrected chi connectivity index (χ3v) is 5.08. The molecule has 1 heterocycles. The lowest BCUT2D eigenvalue weighted by molar-refractivity contribution is 1.15. The summed E-state index contributed by atoms with van der Waals surface area (Å²) in [4.78, 5) is 4.76. The number of hydrogen-bond acceptors (Lipinski definition) is 1. The van der Waals surface area contributed by atoms with Gasteiger partial charge in [0.05, 0.1) is 5.69 Å². The number of aromatic nitrogens is 1. The number of pyridine rings is 1. The van der Waals surface area contributed by atoms with E-state index in [-0.39, 0.29) is 0 Å². The van der Waals surface area contributed by atoms with Crippen molar-refractivity contribution in [3.63, 3.8) is 0 Å². The third kappa shape index (κ3) is 3.83. The molecule has 0 saturated carbocycles. The summed E-state index contributed by atoms with van der Waals surface area (Å²) in [5, 5.41) is 0. The highest BCUT2D eigenvalue weighted by atomic mass is 14.7. The van der Waals surface area contributed by atoms with E-state index in [1.54, 1.807) is 0 Å². The number of nitrogens with zero attached hydrogens (tertiary/aromatic N) is 1. The molecule has 0 N–H and O–H groups in total. The van der Waals surface area contributed by atoms with Gasteiger partial charge >= 0.3 is 0 Å². The minimum atomic E-state index is 0.946. The maximum absolute atomic E-state index is 4.76. The second-order valence-corrected chi connectivity index (χ2v) is 7.05. The Labute approximate surface area is 161 Å². The van der Waals surface area contributed by atoms with E-state index in [2.05, 4.69) is 92.7 Å². The molecule has 0 radical (unpaired) electrons. The van der Waals surface area contributed by atoms with Crippen molar-refractivity contribution in [2.45, 2.75) is 20.3 Å². The van der Waals surface area contributed by atoms with Gasteiger partial charge in [0.1, 0.15) is 0 Å². The summed E-state index contributed by atoms with van der Waals surface area (Å²) in [5.41, 5.74) is 9.86. The second-order valence-electron chi connectivity index (χ2n) is 7.05. The number of benzene rings is 3. The fourth-order valence-electron chi connectivity index (χ4n) is 3.47. The summed E-state index contributed by atoms with van der Waals surface area (Å²) in [6.45, 7) is 4.34. The van der Waals surface area contributed by atoms with Crippen molar-refractivity contribution in [2.75, 3.05) is 0 Å². The summed E-state index contributed by atoms with van der Waals surface area (Å²) >= 11 is 0. The molecule has 0 spiro atoms. The molecule has 0 atom stereocenters. The first-order valence-corrected chi connectivity index (χ1v) is 9.36. The first kappa shape index (κ1) is 17.2. The zero-order chi connectivity index (χ0) is 18.6. The van der Waals surface area contributed by atoms with Gasteiger partial charge in [0.2, 0.25) is 0 Å². The number of rotatable bonds is 4. The molecule has 1 aromatic heterocycles. The second kappa shape index (κ2) is 7.59. The molecule has 0 saturated heterocycles. The molecule has 0 fully saturated rings. The molecule has 0 amide bonds. The van der Waals surface area contributed by atoms with Gasteiger partial charge in [-0.15, -0.1) is 0 Å². The van der Waals surface area contributed by atoms with Crippen LogP contribution in [-0.4, -0.2) is 4.98 Å². The minimum absolute atomic E-state index is 0.946. The Kier molecular flexibility index (Phi) is 4.84. The first-order valence-electron chi connectivity index (χ1n) is 9.36. The lowest BCUT2D eigenvalue weighted by Gasteiger charge is -2.11. The van der Waals surface area contributed by atoms with E-state index in [4.69, 9.17) is 4.98 Å². The normalized spacial score (nSPS) is 10.7. The molecule has 0 aliphatic carbocycles. The van der Waals surface area contributed by atoms with Crippen molar-refractivity contribution < 1.29 is 0 Å². The van der Waals surface area contributed by atoms with E-state index < -0.39 is 0 Å². The molecule has 1 nitrogen and oxygen atoms in total. The first-order chi connectivity index (χ1) is 13.2. The van der Waals surface area contributed by atoms with Crippen LogP contribution in [0.3, 0.4) is 0 Å². The molecule has 0 aliphatic rings. The molecule has 27 heavy (non-hydrogen) atoms. The van der Waals surface area contributed by atoms with Crippen molar-refractivity contribution in [2.24, 2.45) is 0 Å². The van der Waals surface area contributed by atoms with Gasteiger partial charge in [-0.1, -0.05) is 72.8 Å². The monoisotopic (exact) mass is 349 g/mol. The number of hydrogen-bond donors (Lipinski definition) is 0. The highest BCUT2D eigenvalue weighted by molar-refractivity contribution is 5.70. The predicted octanol–water partition coefficient (Wildman–Crippen LogP) is 6.62. The van der Waals surface area contributed by atoms with Crippen LogP contribution in [0.15, 0.2) is 91.1 Å². The largest absolute Gasteiger partial charge is 0.256 e. The molecular weight excluding hydrogens is 326 g/mol. The zero-order valence-electron chi connectivity index (χ0n) is 15.8. The summed E-state index contributed by atoms with van der Waals surface area (Å²) in [6, 6.07) is 29.9. The lowest BCUT2D eigenvalue weighted by Crippen LogP contribution is -1.94. The Hall–Kier alpha value is -3.19. The van der Waals surface area contributed by atoms with Crippen molar-refractivity contribution in [3.8, 4) is 22.4 Å². The van der Waals surface area contributed by atoms with Gasteiger partial charge in [-0.25, -0.2) is 0 Å². The van der Waals surface area contributed by atoms with E-state index in [1.807, 2.05) is 12.3 Å². The standard InChI is InChI=1S/C26H23N/c1-19-13-14-23(17-24(19)16-21-9-5-3-6-10-21)26-15-20(2)25(18-27-26)22-11-7-4-8-12-22/h3-15,17-18H,16H2,1-2H3. The zero-order valence-corrected chi connectivity index (χ0v) is 15.8. The SMILES string of the molecule is Cc1ccc(-c2cc(C)c(-c3ccccc3)cn2)cc1Cc1ccccc1. The van der Waals surface area contributed by atoms with Crippen LogP contribution >= 0.6 is 0 Å². The molecule has 1 heteroatoms. The van der Waals surface area contributed by atoms with Crippen molar-refractivity contribution in [1.29, 1.82) is 0 Å². The van der Waals surface area contributed by atoms with E-state index in [9.17, 15) is 0 Å². The van der Waals surface area contributed by atoms with Crippen molar-refractivity contribution >= 4 is 0 Å². The highest BCUT2D eigenvalue weighted by Crippen LogP contribution is 2.28. The van der Waals surface area contributed by atoms with E-state index in [1.165, 1.54) is 38.9 Å². The Balaban J connectivity index is 1.67. The van der Waals surface area contributed by atoms with Gasteiger partial charge in [-0.2, -0.15) is 0 Å². The van der Waals surface area contributed by atoms with Gasteiger partial charge in [-0.3, -0.25) is 4.98 Å². The van der Waals surface area contributed by atoms with Crippen molar-refractivity contribution in [1.82, 2.24) is 4.98 Å². The van der Waals surface area contributed by atoms with Crippen LogP contribution in [0.2, 0.25) is 0 Å². The Morgan fingerprint density at radius 2 is 1.37 bits per heavy atom. The smallest absolute Gasteiger partial charge is 0.0705 e. The molecule has 0 unspecified atom stereocenters. The van der Waals surface area contributed by atoms with Gasteiger partial charge in [-0.05, 0) is 60.2 Å². The maximum Gasteiger partial charge on any atom is 0.0705 e. The Morgan fingerprint density at radius 3 is 2.07 bits per heavy atom. The van der Waals surface area contributed by atoms with E-state index in [0.717, 1.165) is 12.1 Å². The van der Waals surface area contributed by atoms with Crippen LogP contribution < -0.4 is 0 Å². The fourth-order valence-corrected chi connectivity index (χ4v) is 3.47. The number of aryl methyl sites for hydroxylation is 2. The Bertz CT molecular complexity index is 1050.